The number of benzene rings is 1. The molecule has 3 heteroatoms. The van der Waals surface area contributed by atoms with Crippen LogP contribution in [0.25, 0.3) is 0 Å². The molecule has 1 fully saturated rings. The zero-order valence-corrected chi connectivity index (χ0v) is 7.84. The Morgan fingerprint density at radius 1 is 1.14 bits per heavy atom. The van der Waals surface area contributed by atoms with Crippen molar-refractivity contribution in [3.05, 3.63) is 35.4 Å². The molecule has 0 aromatic heterocycles. The average molecular weight is 197 g/mol. The zero-order chi connectivity index (χ0) is 10.1. The van der Waals surface area contributed by atoms with E-state index in [-0.39, 0.29) is 12.0 Å². The number of rotatable bonds is 1. The number of halogens is 2. The summed E-state index contributed by atoms with van der Waals surface area (Å²) < 4.78 is 25.6. The van der Waals surface area contributed by atoms with Gasteiger partial charge in [-0.1, -0.05) is 12.5 Å². The second-order valence-corrected chi connectivity index (χ2v) is 3.87. The lowest BCUT2D eigenvalue weighted by Gasteiger charge is -2.15. The van der Waals surface area contributed by atoms with Crippen molar-refractivity contribution in [3.63, 3.8) is 0 Å². The lowest BCUT2D eigenvalue weighted by Crippen LogP contribution is -2.22. The van der Waals surface area contributed by atoms with Gasteiger partial charge in [-0.3, -0.25) is 0 Å². The van der Waals surface area contributed by atoms with Crippen LogP contribution in [0, 0.1) is 11.6 Å². The van der Waals surface area contributed by atoms with Crippen molar-refractivity contribution < 1.29 is 8.78 Å². The van der Waals surface area contributed by atoms with Crippen LogP contribution in [-0.2, 0) is 0 Å². The second-order valence-electron chi connectivity index (χ2n) is 3.87. The minimum Gasteiger partial charge on any atom is -0.327 e. The monoisotopic (exact) mass is 197 g/mol. The molecule has 2 atom stereocenters. The van der Waals surface area contributed by atoms with Crippen molar-refractivity contribution in [1.82, 2.24) is 0 Å². The SMILES string of the molecule is N[C@@H]1CCC[C@@H]1c1ccc(F)c(F)c1. The molecule has 0 spiro atoms. The normalized spacial score (nSPS) is 26.8. The van der Waals surface area contributed by atoms with Crippen LogP contribution in [-0.4, -0.2) is 6.04 Å². The maximum absolute atomic E-state index is 12.9. The van der Waals surface area contributed by atoms with Gasteiger partial charge in [-0.2, -0.15) is 0 Å². The second kappa shape index (κ2) is 3.65. The van der Waals surface area contributed by atoms with Crippen LogP contribution in [0.1, 0.15) is 30.7 Å². The molecule has 0 amide bonds. The highest BCUT2D eigenvalue weighted by atomic mass is 19.2. The van der Waals surface area contributed by atoms with E-state index >= 15 is 0 Å². The van der Waals surface area contributed by atoms with Crippen molar-refractivity contribution >= 4 is 0 Å². The van der Waals surface area contributed by atoms with Gasteiger partial charge in [0.1, 0.15) is 0 Å². The van der Waals surface area contributed by atoms with Crippen molar-refractivity contribution in [2.24, 2.45) is 5.73 Å². The Morgan fingerprint density at radius 2 is 1.93 bits per heavy atom. The summed E-state index contributed by atoms with van der Waals surface area (Å²) in [5.74, 6) is -1.37. The summed E-state index contributed by atoms with van der Waals surface area (Å²) in [5, 5.41) is 0. The molecule has 0 unspecified atom stereocenters. The first kappa shape index (κ1) is 9.59. The molecule has 1 aromatic carbocycles. The fourth-order valence-electron chi connectivity index (χ4n) is 2.15. The zero-order valence-electron chi connectivity index (χ0n) is 7.84. The minimum absolute atomic E-state index is 0.0971. The van der Waals surface area contributed by atoms with E-state index in [0.29, 0.717) is 0 Å². The van der Waals surface area contributed by atoms with Crippen molar-refractivity contribution in [2.75, 3.05) is 0 Å². The first-order chi connectivity index (χ1) is 6.68. The Labute approximate surface area is 81.9 Å². The Kier molecular flexibility index (Phi) is 2.50. The molecule has 1 aliphatic rings. The molecule has 0 heterocycles. The third kappa shape index (κ3) is 1.64. The molecule has 14 heavy (non-hydrogen) atoms. The summed E-state index contributed by atoms with van der Waals surface area (Å²) in [6.07, 6.45) is 3.03. The number of hydrogen-bond donors (Lipinski definition) is 1. The Balaban J connectivity index is 2.28. The molecule has 1 aliphatic carbocycles. The van der Waals surface area contributed by atoms with Gasteiger partial charge >= 0.3 is 0 Å². The summed E-state index contributed by atoms with van der Waals surface area (Å²) in [6, 6.07) is 4.18. The van der Waals surface area contributed by atoms with E-state index in [4.69, 9.17) is 5.73 Å². The van der Waals surface area contributed by atoms with Gasteiger partial charge in [-0.05, 0) is 36.5 Å². The van der Waals surface area contributed by atoms with E-state index in [1.807, 2.05) is 0 Å². The fourth-order valence-corrected chi connectivity index (χ4v) is 2.15. The molecular weight excluding hydrogens is 184 g/mol. The molecule has 2 rings (SSSR count). The van der Waals surface area contributed by atoms with Crippen molar-refractivity contribution in [2.45, 2.75) is 31.2 Å². The largest absolute Gasteiger partial charge is 0.327 e. The van der Waals surface area contributed by atoms with Gasteiger partial charge in [0.05, 0.1) is 0 Å². The van der Waals surface area contributed by atoms with E-state index in [1.165, 1.54) is 12.1 Å². The molecule has 0 saturated heterocycles. The van der Waals surface area contributed by atoms with Crippen molar-refractivity contribution in [3.8, 4) is 0 Å². The maximum Gasteiger partial charge on any atom is 0.159 e. The highest BCUT2D eigenvalue weighted by Crippen LogP contribution is 2.33. The molecule has 0 radical (unpaired) electrons. The molecule has 2 N–H and O–H groups in total. The Bertz CT molecular complexity index is 338. The van der Waals surface area contributed by atoms with E-state index in [0.717, 1.165) is 24.8 Å². The smallest absolute Gasteiger partial charge is 0.159 e. The van der Waals surface area contributed by atoms with E-state index in [2.05, 4.69) is 0 Å². The standard InChI is InChI=1S/C11H13F2N/c12-9-5-4-7(6-10(9)13)8-2-1-3-11(8)14/h4-6,8,11H,1-3,14H2/t8-,11-/m1/s1. The van der Waals surface area contributed by atoms with E-state index in [1.54, 1.807) is 6.07 Å². The predicted octanol–water partition coefficient (Wildman–Crippen LogP) is 2.56. The summed E-state index contributed by atoms with van der Waals surface area (Å²) in [5.41, 5.74) is 6.71. The lowest BCUT2D eigenvalue weighted by atomic mass is 9.94. The van der Waals surface area contributed by atoms with Gasteiger partial charge in [0.25, 0.3) is 0 Å². The summed E-state index contributed by atoms with van der Waals surface area (Å²) in [7, 11) is 0. The first-order valence-electron chi connectivity index (χ1n) is 4.89. The quantitative estimate of drug-likeness (QED) is 0.735. The van der Waals surface area contributed by atoms with Crippen LogP contribution < -0.4 is 5.73 Å². The van der Waals surface area contributed by atoms with Gasteiger partial charge in [0.2, 0.25) is 0 Å². The first-order valence-corrected chi connectivity index (χ1v) is 4.89. The highest BCUT2D eigenvalue weighted by molar-refractivity contribution is 5.24. The van der Waals surface area contributed by atoms with Gasteiger partial charge in [-0.15, -0.1) is 0 Å². The summed E-state index contributed by atoms with van der Waals surface area (Å²) in [6.45, 7) is 0. The maximum atomic E-state index is 12.9. The van der Waals surface area contributed by atoms with Crippen LogP contribution in [0.2, 0.25) is 0 Å². The Morgan fingerprint density at radius 3 is 2.50 bits per heavy atom. The average Bonchev–Trinajstić information content (AvgIpc) is 2.57. The topological polar surface area (TPSA) is 26.0 Å². The molecule has 0 aliphatic heterocycles. The number of nitrogens with two attached hydrogens (primary N) is 1. The van der Waals surface area contributed by atoms with Crippen LogP contribution in [0.15, 0.2) is 18.2 Å². The molecule has 1 aromatic rings. The molecule has 1 nitrogen and oxygen atoms in total. The van der Waals surface area contributed by atoms with Crippen LogP contribution in [0.3, 0.4) is 0 Å². The van der Waals surface area contributed by atoms with Gasteiger partial charge in [0, 0.05) is 6.04 Å². The fraction of sp³-hybridized carbons (Fsp3) is 0.455. The van der Waals surface area contributed by atoms with Gasteiger partial charge < -0.3 is 5.73 Å². The minimum atomic E-state index is -0.791. The van der Waals surface area contributed by atoms with Crippen molar-refractivity contribution in [1.29, 1.82) is 0 Å². The number of hydrogen-bond acceptors (Lipinski definition) is 1. The van der Waals surface area contributed by atoms with Crippen LogP contribution >= 0.6 is 0 Å². The molecule has 0 bridgehead atoms. The molecule has 76 valence electrons. The summed E-state index contributed by atoms with van der Waals surface area (Å²) >= 11 is 0. The lowest BCUT2D eigenvalue weighted by molar-refractivity contribution is 0.503. The molecule has 1 saturated carbocycles. The van der Waals surface area contributed by atoms with Gasteiger partial charge in [-0.25, -0.2) is 8.78 Å². The molecular formula is C11H13F2N. The van der Waals surface area contributed by atoms with Crippen LogP contribution in [0.5, 0.6) is 0 Å². The summed E-state index contributed by atoms with van der Waals surface area (Å²) in [4.78, 5) is 0. The third-order valence-corrected chi connectivity index (χ3v) is 2.94. The third-order valence-electron chi connectivity index (χ3n) is 2.94. The predicted molar refractivity (Wildman–Crippen MR) is 50.9 cm³/mol. The van der Waals surface area contributed by atoms with E-state index in [9.17, 15) is 8.78 Å². The van der Waals surface area contributed by atoms with Crippen LogP contribution in [0.4, 0.5) is 8.78 Å². The van der Waals surface area contributed by atoms with Gasteiger partial charge in [0.15, 0.2) is 11.6 Å². The highest BCUT2D eigenvalue weighted by Gasteiger charge is 2.25. The Hall–Kier alpha value is -0.960. The van der Waals surface area contributed by atoms with E-state index < -0.39 is 11.6 Å².